The lowest BCUT2D eigenvalue weighted by Crippen LogP contribution is -2.25. The highest BCUT2D eigenvalue weighted by atomic mass is 32.2. The largest absolute Gasteiger partial charge is 0.447 e. The summed E-state index contributed by atoms with van der Waals surface area (Å²) < 4.78 is 36.4. The topological polar surface area (TPSA) is 80.6 Å². The van der Waals surface area contributed by atoms with Crippen LogP contribution >= 0.6 is 0 Å². The summed E-state index contributed by atoms with van der Waals surface area (Å²) in [5.41, 5.74) is 0. The van der Waals surface area contributed by atoms with E-state index in [2.05, 4.69) is 10.0 Å². The molecule has 1 aromatic heterocycles. The summed E-state index contributed by atoms with van der Waals surface area (Å²) in [7, 11) is -1.98. The normalized spacial score (nSPS) is 12.2. The van der Waals surface area contributed by atoms with Gasteiger partial charge in [0.2, 0.25) is 5.09 Å². The molecule has 7 heteroatoms. The zero-order valence-electron chi connectivity index (χ0n) is 11.6. The van der Waals surface area contributed by atoms with Crippen LogP contribution < -0.4 is 10.0 Å². The molecule has 2 N–H and O–H groups in total. The maximum absolute atomic E-state index is 11.9. The van der Waals surface area contributed by atoms with Crippen LogP contribution in [-0.2, 0) is 21.3 Å². The van der Waals surface area contributed by atoms with Gasteiger partial charge in [0.15, 0.2) is 0 Å². The molecule has 19 heavy (non-hydrogen) atoms. The van der Waals surface area contributed by atoms with Crippen LogP contribution in [0.2, 0.25) is 0 Å². The van der Waals surface area contributed by atoms with E-state index in [9.17, 15) is 8.42 Å². The quantitative estimate of drug-likeness (QED) is 0.666. The SMILES string of the molecule is COCCCNS(=O)(=O)c1ccc(CNC(C)C)o1. The summed E-state index contributed by atoms with van der Waals surface area (Å²) in [4.78, 5) is 0. The lowest BCUT2D eigenvalue weighted by Gasteiger charge is -2.05. The summed E-state index contributed by atoms with van der Waals surface area (Å²) in [6.07, 6.45) is 0.623. The highest BCUT2D eigenvalue weighted by Crippen LogP contribution is 2.13. The second kappa shape index (κ2) is 7.64. The number of nitrogens with one attached hydrogen (secondary N) is 2. The Morgan fingerprint density at radius 3 is 2.74 bits per heavy atom. The number of ether oxygens (including phenoxy) is 1. The monoisotopic (exact) mass is 290 g/mol. The van der Waals surface area contributed by atoms with E-state index in [-0.39, 0.29) is 5.09 Å². The lowest BCUT2D eigenvalue weighted by molar-refractivity contribution is 0.196. The van der Waals surface area contributed by atoms with Gasteiger partial charge in [-0.05, 0) is 18.6 Å². The Kier molecular flexibility index (Phi) is 6.50. The van der Waals surface area contributed by atoms with Gasteiger partial charge in [-0.15, -0.1) is 0 Å². The Morgan fingerprint density at radius 2 is 2.11 bits per heavy atom. The summed E-state index contributed by atoms with van der Waals surface area (Å²) in [5, 5.41) is 3.11. The molecule has 0 aliphatic carbocycles. The molecular weight excluding hydrogens is 268 g/mol. The highest BCUT2D eigenvalue weighted by molar-refractivity contribution is 7.89. The molecule has 1 rings (SSSR count). The van der Waals surface area contributed by atoms with Crippen LogP contribution in [-0.4, -0.2) is 34.7 Å². The first-order chi connectivity index (χ1) is 8.95. The smallest absolute Gasteiger partial charge is 0.273 e. The van der Waals surface area contributed by atoms with E-state index in [1.807, 2.05) is 13.8 Å². The fourth-order valence-electron chi connectivity index (χ4n) is 1.40. The van der Waals surface area contributed by atoms with Crippen molar-refractivity contribution in [2.45, 2.75) is 37.9 Å². The molecular formula is C12H22N2O4S. The molecule has 0 fully saturated rings. The molecule has 1 aromatic rings. The summed E-state index contributed by atoms with van der Waals surface area (Å²) >= 11 is 0. The van der Waals surface area contributed by atoms with Gasteiger partial charge in [-0.1, -0.05) is 13.8 Å². The maximum Gasteiger partial charge on any atom is 0.273 e. The molecule has 6 nitrogen and oxygen atoms in total. The fraction of sp³-hybridized carbons (Fsp3) is 0.667. The van der Waals surface area contributed by atoms with Crippen LogP contribution in [0.1, 0.15) is 26.0 Å². The van der Waals surface area contributed by atoms with Gasteiger partial charge in [0, 0.05) is 26.3 Å². The number of rotatable bonds is 9. The lowest BCUT2D eigenvalue weighted by atomic mass is 10.3. The maximum atomic E-state index is 11.9. The van der Waals surface area contributed by atoms with Crippen molar-refractivity contribution in [3.8, 4) is 0 Å². The number of furan rings is 1. The van der Waals surface area contributed by atoms with E-state index >= 15 is 0 Å². The van der Waals surface area contributed by atoms with Crippen LogP contribution in [0.5, 0.6) is 0 Å². The number of hydrogen-bond acceptors (Lipinski definition) is 5. The van der Waals surface area contributed by atoms with Gasteiger partial charge in [-0.25, -0.2) is 13.1 Å². The van der Waals surface area contributed by atoms with E-state index in [4.69, 9.17) is 9.15 Å². The Labute approximate surface area is 114 Å². The van der Waals surface area contributed by atoms with Gasteiger partial charge in [-0.2, -0.15) is 0 Å². The predicted molar refractivity (Wildman–Crippen MR) is 72.4 cm³/mol. The van der Waals surface area contributed by atoms with Crippen LogP contribution in [0.25, 0.3) is 0 Å². The van der Waals surface area contributed by atoms with E-state index in [1.165, 1.54) is 6.07 Å². The molecule has 0 radical (unpaired) electrons. The first-order valence-electron chi connectivity index (χ1n) is 6.26. The van der Waals surface area contributed by atoms with Crippen molar-refractivity contribution < 1.29 is 17.6 Å². The molecule has 1 heterocycles. The third-order valence-corrected chi connectivity index (χ3v) is 3.74. The molecule has 0 unspecified atom stereocenters. The van der Waals surface area contributed by atoms with Crippen molar-refractivity contribution in [1.82, 2.24) is 10.0 Å². The van der Waals surface area contributed by atoms with Crippen molar-refractivity contribution in [3.63, 3.8) is 0 Å². The van der Waals surface area contributed by atoms with Crippen molar-refractivity contribution in [2.24, 2.45) is 0 Å². The number of hydrogen-bond donors (Lipinski definition) is 2. The van der Waals surface area contributed by atoms with Crippen LogP contribution in [0.3, 0.4) is 0 Å². The Balaban J connectivity index is 2.53. The molecule has 0 aromatic carbocycles. The van der Waals surface area contributed by atoms with Gasteiger partial charge in [-0.3, -0.25) is 0 Å². The van der Waals surface area contributed by atoms with Crippen LogP contribution in [0.15, 0.2) is 21.6 Å². The van der Waals surface area contributed by atoms with E-state index in [0.717, 1.165) is 0 Å². The molecule has 0 spiro atoms. The van der Waals surface area contributed by atoms with Crippen molar-refractivity contribution in [2.75, 3.05) is 20.3 Å². The van der Waals surface area contributed by atoms with Crippen LogP contribution in [0, 0.1) is 0 Å². The van der Waals surface area contributed by atoms with Gasteiger partial charge >= 0.3 is 0 Å². The second-order valence-electron chi connectivity index (χ2n) is 4.50. The highest BCUT2D eigenvalue weighted by Gasteiger charge is 2.17. The molecule has 0 bridgehead atoms. The minimum atomic E-state index is -3.56. The molecule has 0 saturated carbocycles. The van der Waals surface area contributed by atoms with Crippen molar-refractivity contribution in [3.05, 3.63) is 17.9 Å². The minimum absolute atomic E-state index is 0.0505. The fourth-order valence-corrected chi connectivity index (χ4v) is 2.42. The predicted octanol–water partition coefficient (Wildman–Crippen LogP) is 1.09. The second-order valence-corrected chi connectivity index (χ2v) is 6.20. The Bertz CT molecular complexity index is 468. The zero-order valence-corrected chi connectivity index (χ0v) is 12.4. The van der Waals surface area contributed by atoms with Gasteiger partial charge in [0.25, 0.3) is 10.0 Å². The molecule has 0 aliphatic heterocycles. The summed E-state index contributed by atoms with van der Waals surface area (Å²) in [5.74, 6) is 0.603. The first kappa shape index (κ1) is 16.2. The summed E-state index contributed by atoms with van der Waals surface area (Å²) in [6, 6.07) is 3.45. The van der Waals surface area contributed by atoms with Gasteiger partial charge < -0.3 is 14.5 Å². The molecule has 0 aliphatic rings. The van der Waals surface area contributed by atoms with Gasteiger partial charge in [0.1, 0.15) is 5.76 Å². The summed E-state index contributed by atoms with van der Waals surface area (Å²) in [6.45, 7) is 5.38. The van der Waals surface area contributed by atoms with Crippen molar-refractivity contribution >= 4 is 10.0 Å². The first-order valence-corrected chi connectivity index (χ1v) is 7.74. The standard InChI is InChI=1S/C12H22N2O4S/c1-10(2)13-9-11-5-6-12(18-11)19(15,16)14-7-4-8-17-3/h5-6,10,13-14H,4,7-9H2,1-3H3. The third kappa shape index (κ3) is 5.73. The van der Waals surface area contributed by atoms with Crippen molar-refractivity contribution in [1.29, 1.82) is 0 Å². The average molecular weight is 290 g/mol. The van der Waals surface area contributed by atoms with E-state index in [1.54, 1.807) is 13.2 Å². The molecule has 0 amide bonds. The Hall–Kier alpha value is -0.890. The molecule has 110 valence electrons. The van der Waals surface area contributed by atoms with Crippen LogP contribution in [0.4, 0.5) is 0 Å². The Morgan fingerprint density at radius 1 is 1.37 bits per heavy atom. The van der Waals surface area contributed by atoms with E-state index < -0.39 is 10.0 Å². The third-order valence-electron chi connectivity index (χ3n) is 2.40. The zero-order chi connectivity index (χ0) is 14.3. The van der Waals surface area contributed by atoms with Gasteiger partial charge in [0.05, 0.1) is 6.54 Å². The number of methoxy groups -OCH3 is 1. The average Bonchev–Trinajstić information content (AvgIpc) is 2.82. The van der Waals surface area contributed by atoms with E-state index in [0.29, 0.717) is 37.9 Å². The minimum Gasteiger partial charge on any atom is -0.447 e. The molecule has 0 atom stereocenters. The molecule has 0 saturated heterocycles. The number of sulfonamides is 1.